The van der Waals surface area contributed by atoms with Crippen molar-refractivity contribution in [2.75, 3.05) is 0 Å². The van der Waals surface area contributed by atoms with Crippen LogP contribution in [0.5, 0.6) is 5.75 Å². The second-order valence-corrected chi connectivity index (χ2v) is 11.5. The number of aryl methyl sites for hydroxylation is 1. The number of benzene rings is 1. The summed E-state index contributed by atoms with van der Waals surface area (Å²) in [7, 11) is -4.18. The van der Waals surface area contributed by atoms with E-state index in [2.05, 4.69) is 37.9 Å². The molecule has 1 aromatic rings. The molecule has 4 aliphatic rings. The highest BCUT2D eigenvalue weighted by Gasteiger charge is 2.49. The molecular formula is C20H23Br2O4P. The Hall–Kier alpha value is -0.130. The number of halogens is 2. The Morgan fingerprint density at radius 1 is 1.11 bits per heavy atom. The van der Waals surface area contributed by atoms with Gasteiger partial charge in [0.1, 0.15) is 5.75 Å². The van der Waals surface area contributed by atoms with Crippen LogP contribution in [0.4, 0.5) is 0 Å². The van der Waals surface area contributed by atoms with E-state index in [4.69, 9.17) is 9.05 Å². The summed E-state index contributed by atoms with van der Waals surface area (Å²) in [6.45, 7) is 0. The third kappa shape index (κ3) is 3.20. The minimum atomic E-state index is -4.18. The molecule has 4 nitrogen and oxygen atoms in total. The number of allylic oxidation sites excluding steroid dienone is 1. The van der Waals surface area contributed by atoms with E-state index in [1.54, 1.807) is 0 Å². The Labute approximate surface area is 176 Å². The molecule has 5 rings (SSSR count). The van der Waals surface area contributed by atoms with Gasteiger partial charge in [-0.05, 0) is 90.9 Å². The fourth-order valence-electron chi connectivity index (χ4n) is 5.42. The third-order valence-electron chi connectivity index (χ3n) is 6.50. The van der Waals surface area contributed by atoms with E-state index in [0.29, 0.717) is 5.75 Å². The number of phosphoric ester groups is 1. The van der Waals surface area contributed by atoms with Crippen molar-refractivity contribution in [2.24, 2.45) is 0 Å². The molecule has 0 amide bonds. The summed E-state index contributed by atoms with van der Waals surface area (Å²) in [6, 6.07) is 2.08. The molecule has 1 aromatic carbocycles. The molecule has 0 spiro atoms. The van der Waals surface area contributed by atoms with E-state index in [9.17, 15) is 9.46 Å². The molecule has 3 aliphatic carbocycles. The van der Waals surface area contributed by atoms with Gasteiger partial charge < -0.3 is 4.52 Å². The summed E-state index contributed by atoms with van der Waals surface area (Å²) >= 11 is 7.41. The van der Waals surface area contributed by atoms with Crippen LogP contribution < -0.4 is 4.52 Å². The molecule has 0 radical (unpaired) electrons. The number of phosphoric acid groups is 1. The zero-order chi connectivity index (χ0) is 18.8. The van der Waals surface area contributed by atoms with Gasteiger partial charge in [-0.1, -0.05) is 27.1 Å². The van der Waals surface area contributed by atoms with E-state index >= 15 is 0 Å². The quantitative estimate of drug-likeness (QED) is 0.248. The fourth-order valence-corrected chi connectivity index (χ4v) is 8.13. The lowest BCUT2D eigenvalue weighted by Crippen LogP contribution is -2.37. The molecule has 1 N–H and O–H groups in total. The van der Waals surface area contributed by atoms with Crippen LogP contribution in [0.15, 0.2) is 21.7 Å². The van der Waals surface area contributed by atoms with Gasteiger partial charge in [0.2, 0.25) is 0 Å². The highest BCUT2D eigenvalue weighted by atomic mass is 79.9. The molecule has 1 heterocycles. The van der Waals surface area contributed by atoms with Crippen LogP contribution in [-0.4, -0.2) is 15.8 Å². The van der Waals surface area contributed by atoms with Crippen LogP contribution in [-0.2, 0) is 21.9 Å². The fraction of sp³-hybridized carbons (Fsp3) is 0.600. The van der Waals surface area contributed by atoms with Gasteiger partial charge in [-0.3, -0.25) is 9.42 Å². The number of fused-ring (bicyclic) bond motifs is 6. The van der Waals surface area contributed by atoms with Gasteiger partial charge in [0.15, 0.2) is 0 Å². The monoisotopic (exact) mass is 516 g/mol. The number of hydrogen-bond donors (Lipinski definition) is 1. The van der Waals surface area contributed by atoms with E-state index < -0.39 is 7.82 Å². The maximum atomic E-state index is 12.8. The Bertz CT molecular complexity index is 881. The maximum Gasteiger partial charge on any atom is 0.527 e. The largest absolute Gasteiger partial charge is 0.527 e. The molecular weight excluding hydrogens is 495 g/mol. The Kier molecular flexibility index (Phi) is 4.88. The van der Waals surface area contributed by atoms with Crippen LogP contribution in [0.1, 0.15) is 67.6 Å². The summed E-state index contributed by atoms with van der Waals surface area (Å²) in [6.07, 6.45) is 9.51. The summed E-state index contributed by atoms with van der Waals surface area (Å²) < 4.78 is 25.0. The standard InChI is InChI=1S/C20H23Br2O4P/c21-15-9-11-5-1-3-7-13(11)17-18-14-8-4-2-6-12(14)10-16(22)20(18)26-27(23,24)25-19(15)17/h9,16,18,20H,1-8,10H2,(H,23,24)/t16?,18-,20-/m1/s1. The number of rotatable bonds is 0. The minimum absolute atomic E-state index is 0.000694. The number of hydrogen-bond acceptors (Lipinski definition) is 3. The Morgan fingerprint density at radius 2 is 1.85 bits per heavy atom. The summed E-state index contributed by atoms with van der Waals surface area (Å²) in [5, 5.41) is 0. The summed E-state index contributed by atoms with van der Waals surface area (Å²) in [4.78, 5) is 10.5. The van der Waals surface area contributed by atoms with Crippen LogP contribution in [0.25, 0.3) is 0 Å². The summed E-state index contributed by atoms with van der Waals surface area (Å²) in [5.74, 6) is 0.522. The van der Waals surface area contributed by atoms with Gasteiger partial charge in [-0.25, -0.2) is 4.57 Å². The average molecular weight is 518 g/mol. The normalized spacial score (nSPS) is 35.3. The van der Waals surface area contributed by atoms with Crippen molar-refractivity contribution in [1.82, 2.24) is 0 Å². The van der Waals surface area contributed by atoms with Crippen molar-refractivity contribution >= 4 is 39.7 Å². The first-order chi connectivity index (χ1) is 12.9. The van der Waals surface area contributed by atoms with Crippen LogP contribution >= 0.6 is 39.7 Å². The SMILES string of the molecule is O=P1(O)Oc2c(Br)cc3c(c2[C@H]2C4=C(CCCC4)CC(Br)[C@H]2O1)CCCC3. The van der Waals surface area contributed by atoms with Crippen molar-refractivity contribution in [3.63, 3.8) is 0 Å². The topological polar surface area (TPSA) is 55.8 Å². The Morgan fingerprint density at radius 3 is 2.70 bits per heavy atom. The van der Waals surface area contributed by atoms with Gasteiger partial charge in [-0.15, -0.1) is 0 Å². The molecule has 0 fully saturated rings. The van der Waals surface area contributed by atoms with Crippen molar-refractivity contribution < 1.29 is 18.5 Å². The molecule has 146 valence electrons. The average Bonchev–Trinajstić information content (AvgIpc) is 2.76. The van der Waals surface area contributed by atoms with Gasteiger partial charge >= 0.3 is 7.82 Å². The first kappa shape index (κ1) is 18.9. The predicted octanol–water partition coefficient (Wildman–Crippen LogP) is 6.33. The lowest BCUT2D eigenvalue weighted by Gasteiger charge is -2.40. The molecule has 4 atom stereocenters. The van der Waals surface area contributed by atoms with E-state index in [0.717, 1.165) is 48.6 Å². The maximum absolute atomic E-state index is 12.8. The molecule has 2 unspecified atom stereocenters. The third-order valence-corrected chi connectivity index (χ3v) is 8.86. The van der Waals surface area contributed by atoms with Crippen molar-refractivity contribution in [3.8, 4) is 5.75 Å². The second-order valence-electron chi connectivity index (χ2n) is 8.11. The molecule has 27 heavy (non-hydrogen) atoms. The van der Waals surface area contributed by atoms with Gasteiger partial charge in [-0.2, -0.15) is 0 Å². The van der Waals surface area contributed by atoms with Crippen molar-refractivity contribution in [2.45, 2.75) is 74.6 Å². The van der Waals surface area contributed by atoms with Gasteiger partial charge in [0, 0.05) is 16.3 Å². The first-order valence-electron chi connectivity index (χ1n) is 9.84. The van der Waals surface area contributed by atoms with E-state index in [1.807, 2.05) is 0 Å². The molecule has 0 aromatic heterocycles. The highest BCUT2D eigenvalue weighted by molar-refractivity contribution is 9.10. The van der Waals surface area contributed by atoms with Crippen LogP contribution in [0, 0.1) is 0 Å². The predicted molar refractivity (Wildman–Crippen MR) is 112 cm³/mol. The lowest BCUT2D eigenvalue weighted by atomic mass is 9.69. The molecule has 1 aliphatic heterocycles. The Balaban J connectivity index is 1.80. The molecule has 0 bridgehead atoms. The zero-order valence-electron chi connectivity index (χ0n) is 15.0. The van der Waals surface area contributed by atoms with Gasteiger partial charge in [0.25, 0.3) is 0 Å². The smallest absolute Gasteiger partial charge is 0.403 e. The first-order valence-corrected chi connectivity index (χ1v) is 13.0. The second kappa shape index (κ2) is 6.98. The zero-order valence-corrected chi connectivity index (χ0v) is 19.1. The lowest BCUT2D eigenvalue weighted by molar-refractivity contribution is 0.126. The minimum Gasteiger partial charge on any atom is -0.403 e. The van der Waals surface area contributed by atoms with Crippen LogP contribution in [0.3, 0.4) is 0 Å². The summed E-state index contributed by atoms with van der Waals surface area (Å²) in [5.41, 5.74) is 6.71. The molecule has 0 saturated carbocycles. The number of alkyl halides is 1. The van der Waals surface area contributed by atoms with Crippen LogP contribution in [0.2, 0.25) is 0 Å². The van der Waals surface area contributed by atoms with E-state index in [-0.39, 0.29) is 16.8 Å². The molecule has 7 heteroatoms. The molecule has 0 saturated heterocycles. The van der Waals surface area contributed by atoms with Crippen molar-refractivity contribution in [3.05, 3.63) is 38.4 Å². The van der Waals surface area contributed by atoms with E-state index in [1.165, 1.54) is 41.5 Å². The van der Waals surface area contributed by atoms with Gasteiger partial charge in [0.05, 0.1) is 10.6 Å². The van der Waals surface area contributed by atoms with Crippen molar-refractivity contribution in [1.29, 1.82) is 0 Å². The highest BCUT2D eigenvalue weighted by Crippen LogP contribution is 2.61.